The number of oxazole rings is 2. The van der Waals surface area contributed by atoms with Crippen molar-refractivity contribution in [1.29, 1.82) is 0 Å². The summed E-state index contributed by atoms with van der Waals surface area (Å²) in [6.45, 7) is 5.36. The zero-order valence-corrected chi connectivity index (χ0v) is 21.9. The molecule has 5 rings (SSSR count). The third-order valence-corrected chi connectivity index (χ3v) is 6.19. The highest BCUT2D eigenvalue weighted by Crippen LogP contribution is 2.45. The second kappa shape index (κ2) is 12.3. The van der Waals surface area contributed by atoms with Crippen LogP contribution in [0.2, 0.25) is 0 Å². The molecule has 0 aliphatic heterocycles. The number of ether oxygens (including phenoxy) is 2. The van der Waals surface area contributed by atoms with Crippen molar-refractivity contribution in [2.24, 2.45) is 0 Å². The maximum absolute atomic E-state index is 6.37. The van der Waals surface area contributed by atoms with Crippen LogP contribution in [0.3, 0.4) is 0 Å². The summed E-state index contributed by atoms with van der Waals surface area (Å²) in [5.74, 6) is 3.51. The zero-order valence-electron chi connectivity index (χ0n) is 21.9. The van der Waals surface area contributed by atoms with Gasteiger partial charge in [-0.2, -0.15) is 0 Å². The average Bonchev–Trinajstić information content (AvgIpc) is 3.66. The summed E-state index contributed by atoms with van der Waals surface area (Å²) >= 11 is 0. The molecule has 5 aromatic rings. The van der Waals surface area contributed by atoms with E-state index in [0.29, 0.717) is 48.0 Å². The molecule has 0 fully saturated rings. The molecule has 6 nitrogen and oxygen atoms in total. The Hall–Kier alpha value is -4.32. The molecule has 0 amide bonds. The van der Waals surface area contributed by atoms with E-state index in [9.17, 15) is 0 Å². The lowest BCUT2D eigenvalue weighted by Gasteiger charge is -2.18. The van der Waals surface area contributed by atoms with Gasteiger partial charge in [0.1, 0.15) is 0 Å². The Labute approximate surface area is 223 Å². The Balaban J connectivity index is 1.59. The van der Waals surface area contributed by atoms with Gasteiger partial charge in [-0.25, -0.2) is 9.97 Å². The molecular formula is C32H32N2O4. The molecule has 0 bridgehead atoms. The van der Waals surface area contributed by atoms with E-state index >= 15 is 0 Å². The molecule has 0 atom stereocenters. The second-order valence-corrected chi connectivity index (χ2v) is 9.01. The Bertz CT molecular complexity index is 1330. The number of nitrogens with zero attached hydrogens (tertiary/aromatic N) is 2. The van der Waals surface area contributed by atoms with E-state index < -0.39 is 0 Å². The van der Waals surface area contributed by atoms with Gasteiger partial charge < -0.3 is 18.3 Å². The van der Waals surface area contributed by atoms with Crippen molar-refractivity contribution < 1.29 is 18.3 Å². The van der Waals surface area contributed by atoms with Crippen molar-refractivity contribution in [1.82, 2.24) is 9.97 Å². The van der Waals surface area contributed by atoms with E-state index in [1.807, 2.05) is 72.8 Å². The van der Waals surface area contributed by atoms with Crippen LogP contribution < -0.4 is 9.47 Å². The van der Waals surface area contributed by atoms with Crippen LogP contribution in [-0.2, 0) is 0 Å². The highest BCUT2D eigenvalue weighted by molar-refractivity contribution is 5.79. The number of unbranched alkanes of at least 4 members (excludes halogenated alkanes) is 2. The molecule has 2 heterocycles. The minimum Gasteiger partial charge on any atom is -0.489 e. The summed E-state index contributed by atoms with van der Waals surface area (Å²) in [6.07, 6.45) is 7.33. The molecule has 2 aromatic heterocycles. The Morgan fingerprint density at radius 3 is 1.39 bits per heavy atom. The molecule has 0 unspecified atom stereocenters. The molecule has 0 aliphatic carbocycles. The number of hydrogen-bond donors (Lipinski definition) is 0. The van der Waals surface area contributed by atoms with Crippen LogP contribution in [0.1, 0.15) is 39.5 Å². The molecule has 194 valence electrons. The lowest BCUT2D eigenvalue weighted by molar-refractivity contribution is 0.263. The average molecular weight is 509 g/mol. The molecule has 0 radical (unpaired) electrons. The predicted molar refractivity (Wildman–Crippen MR) is 149 cm³/mol. The molecule has 0 aliphatic rings. The number of aromatic nitrogens is 2. The van der Waals surface area contributed by atoms with Crippen molar-refractivity contribution in [3.8, 4) is 57.1 Å². The number of rotatable bonds is 12. The van der Waals surface area contributed by atoms with Crippen molar-refractivity contribution >= 4 is 0 Å². The van der Waals surface area contributed by atoms with Gasteiger partial charge in [0.2, 0.25) is 11.8 Å². The molecule has 0 saturated carbocycles. The normalized spacial score (nSPS) is 11.0. The summed E-state index contributed by atoms with van der Waals surface area (Å²) < 4.78 is 25.1. The molecule has 3 aromatic carbocycles. The van der Waals surface area contributed by atoms with E-state index in [4.69, 9.17) is 18.3 Å². The first-order valence-corrected chi connectivity index (χ1v) is 13.2. The van der Waals surface area contributed by atoms with Gasteiger partial charge in [0, 0.05) is 11.1 Å². The van der Waals surface area contributed by atoms with Gasteiger partial charge in [0.15, 0.2) is 23.0 Å². The molecule has 0 spiro atoms. The maximum Gasteiger partial charge on any atom is 0.230 e. The largest absolute Gasteiger partial charge is 0.489 e. The molecular weight excluding hydrogens is 476 g/mol. The second-order valence-electron chi connectivity index (χ2n) is 9.01. The van der Waals surface area contributed by atoms with Crippen LogP contribution in [0.5, 0.6) is 11.5 Å². The fraction of sp³-hybridized carbons (Fsp3) is 0.250. The van der Waals surface area contributed by atoms with Crippen LogP contribution in [0.15, 0.2) is 94.0 Å². The third-order valence-electron chi connectivity index (χ3n) is 6.19. The number of hydrogen-bond acceptors (Lipinski definition) is 6. The smallest absolute Gasteiger partial charge is 0.230 e. The van der Waals surface area contributed by atoms with Gasteiger partial charge in [-0.15, -0.1) is 0 Å². The fourth-order valence-corrected chi connectivity index (χ4v) is 4.09. The monoisotopic (exact) mass is 508 g/mol. The Morgan fingerprint density at radius 1 is 0.579 bits per heavy atom. The van der Waals surface area contributed by atoms with Crippen molar-refractivity contribution in [2.75, 3.05) is 13.2 Å². The molecule has 6 heteroatoms. The van der Waals surface area contributed by atoms with Crippen LogP contribution in [0.25, 0.3) is 45.6 Å². The predicted octanol–water partition coefficient (Wildman–Crippen LogP) is 8.69. The third kappa shape index (κ3) is 5.65. The molecule has 38 heavy (non-hydrogen) atoms. The first kappa shape index (κ1) is 25.3. The van der Waals surface area contributed by atoms with Crippen molar-refractivity contribution in [3.63, 3.8) is 0 Å². The van der Waals surface area contributed by atoms with Gasteiger partial charge in [0.25, 0.3) is 0 Å². The quantitative estimate of drug-likeness (QED) is 0.157. The Kier molecular flexibility index (Phi) is 8.19. The molecule has 0 saturated heterocycles. The maximum atomic E-state index is 6.37. The van der Waals surface area contributed by atoms with Gasteiger partial charge in [-0.3, -0.25) is 0 Å². The summed E-state index contributed by atoms with van der Waals surface area (Å²) in [5, 5.41) is 0. The fourth-order valence-electron chi connectivity index (χ4n) is 4.09. The first-order valence-electron chi connectivity index (χ1n) is 13.2. The Morgan fingerprint density at radius 2 is 1.00 bits per heavy atom. The minimum atomic E-state index is 0.472. The first-order chi connectivity index (χ1) is 18.8. The van der Waals surface area contributed by atoms with Gasteiger partial charge in [-0.05, 0) is 25.0 Å². The summed E-state index contributed by atoms with van der Waals surface area (Å²) in [4.78, 5) is 9.19. The lowest BCUT2D eigenvalue weighted by atomic mass is 10.1. The SMILES string of the molecule is CCCCOc1c(-c2ncc(-c3ccccc3)o2)ccc(-c2ncc(-c3ccccc3)o2)c1OCCCC. The zero-order chi connectivity index (χ0) is 26.2. The van der Waals surface area contributed by atoms with E-state index in [2.05, 4.69) is 23.8 Å². The standard InChI is InChI=1S/C32H32N2O4/c1-3-5-19-35-29-25(31-33-21-27(37-31)23-13-9-7-10-14-23)17-18-26(30(29)36-20-6-4-2)32-34-22-28(38-32)24-15-11-8-12-16-24/h7-18,21-22H,3-6,19-20H2,1-2H3. The lowest BCUT2D eigenvalue weighted by Crippen LogP contribution is -2.05. The summed E-state index contributed by atoms with van der Waals surface area (Å²) in [7, 11) is 0. The van der Waals surface area contributed by atoms with Crippen molar-refractivity contribution in [3.05, 3.63) is 85.2 Å². The van der Waals surface area contributed by atoms with Gasteiger partial charge >= 0.3 is 0 Å². The van der Waals surface area contributed by atoms with E-state index in [0.717, 1.165) is 47.9 Å². The van der Waals surface area contributed by atoms with E-state index in [1.54, 1.807) is 12.4 Å². The number of benzene rings is 3. The van der Waals surface area contributed by atoms with Crippen LogP contribution >= 0.6 is 0 Å². The highest BCUT2D eigenvalue weighted by Gasteiger charge is 2.24. The van der Waals surface area contributed by atoms with Crippen molar-refractivity contribution in [2.45, 2.75) is 39.5 Å². The minimum absolute atomic E-state index is 0.472. The molecule has 0 N–H and O–H groups in total. The van der Waals surface area contributed by atoms with Gasteiger partial charge in [0.05, 0.1) is 36.7 Å². The van der Waals surface area contributed by atoms with Crippen LogP contribution in [-0.4, -0.2) is 23.2 Å². The van der Waals surface area contributed by atoms with Crippen LogP contribution in [0.4, 0.5) is 0 Å². The summed E-state index contributed by atoms with van der Waals surface area (Å²) in [6, 6.07) is 23.7. The van der Waals surface area contributed by atoms with E-state index in [1.165, 1.54) is 0 Å². The van der Waals surface area contributed by atoms with Gasteiger partial charge in [-0.1, -0.05) is 87.4 Å². The van der Waals surface area contributed by atoms with E-state index in [-0.39, 0.29) is 0 Å². The van der Waals surface area contributed by atoms with Crippen LogP contribution in [0, 0.1) is 0 Å². The summed E-state index contributed by atoms with van der Waals surface area (Å²) in [5.41, 5.74) is 3.38. The highest BCUT2D eigenvalue weighted by atomic mass is 16.5. The topological polar surface area (TPSA) is 70.5 Å².